The molecule has 1 aliphatic rings. The van der Waals surface area contributed by atoms with Crippen LogP contribution < -0.4 is 0 Å². The van der Waals surface area contributed by atoms with Gasteiger partial charge in [0.2, 0.25) is 5.91 Å². The summed E-state index contributed by atoms with van der Waals surface area (Å²) in [6.45, 7) is 3.71. The summed E-state index contributed by atoms with van der Waals surface area (Å²) in [5, 5.41) is 6.74. The quantitative estimate of drug-likeness (QED) is 0.685. The fourth-order valence-corrected chi connectivity index (χ4v) is 3.50. The molecule has 2 heterocycles. The molecule has 0 unspecified atom stereocenters. The maximum absolute atomic E-state index is 13.3. The molecule has 2 aromatic rings. The molecule has 1 aromatic carbocycles. The van der Waals surface area contributed by atoms with Gasteiger partial charge in [-0.15, -0.1) is 0 Å². The van der Waals surface area contributed by atoms with Crippen molar-refractivity contribution in [2.75, 3.05) is 26.7 Å². The minimum absolute atomic E-state index is 0.242. The van der Waals surface area contributed by atoms with Crippen LogP contribution in [-0.2, 0) is 20.9 Å². The lowest BCUT2D eigenvalue weighted by atomic mass is 10.0. The molecule has 0 spiro atoms. The lowest BCUT2D eigenvalue weighted by Crippen LogP contribution is -2.57. The van der Waals surface area contributed by atoms with Crippen molar-refractivity contribution < 1.29 is 14.4 Å². The van der Waals surface area contributed by atoms with E-state index in [0.29, 0.717) is 31.7 Å². The number of carbonyl (C=O) groups is 3. The molecule has 0 aliphatic carbocycles. The predicted molar refractivity (Wildman–Crippen MR) is 107 cm³/mol. The Labute approximate surface area is 170 Å². The first kappa shape index (κ1) is 20.6. The number of H-pyrrole nitrogens is 1. The van der Waals surface area contributed by atoms with Crippen molar-refractivity contribution in [2.24, 2.45) is 0 Å². The number of benzene rings is 1. The molecule has 29 heavy (non-hydrogen) atoms. The SMILES string of the molecule is CCCCN1CCN([C@H](C(=O)N(C)Cc2ccn[nH]2)c2ccccc2)C(=O)C1=O. The first-order valence-corrected chi connectivity index (χ1v) is 9.91. The molecule has 3 rings (SSSR count). The summed E-state index contributed by atoms with van der Waals surface area (Å²) in [4.78, 5) is 43.4. The number of hydrogen-bond donors (Lipinski definition) is 1. The van der Waals surface area contributed by atoms with E-state index in [-0.39, 0.29) is 5.91 Å². The van der Waals surface area contributed by atoms with Gasteiger partial charge in [-0.1, -0.05) is 43.7 Å². The number of amides is 3. The number of aromatic amines is 1. The number of hydrogen-bond acceptors (Lipinski definition) is 4. The molecule has 1 atom stereocenters. The van der Waals surface area contributed by atoms with Crippen molar-refractivity contribution in [1.29, 1.82) is 0 Å². The summed E-state index contributed by atoms with van der Waals surface area (Å²) < 4.78 is 0. The Morgan fingerprint density at radius 3 is 2.59 bits per heavy atom. The summed E-state index contributed by atoms with van der Waals surface area (Å²) in [6, 6.07) is 10.1. The highest BCUT2D eigenvalue weighted by atomic mass is 16.2. The molecule has 0 bridgehead atoms. The Morgan fingerprint density at radius 2 is 1.93 bits per heavy atom. The summed E-state index contributed by atoms with van der Waals surface area (Å²) in [6.07, 6.45) is 3.43. The van der Waals surface area contributed by atoms with E-state index >= 15 is 0 Å². The fraction of sp³-hybridized carbons (Fsp3) is 0.429. The Morgan fingerprint density at radius 1 is 1.17 bits per heavy atom. The number of rotatable bonds is 8. The van der Waals surface area contributed by atoms with Crippen molar-refractivity contribution in [1.82, 2.24) is 24.9 Å². The Kier molecular flexibility index (Phi) is 6.64. The van der Waals surface area contributed by atoms with E-state index in [0.717, 1.165) is 18.5 Å². The molecule has 1 fully saturated rings. The van der Waals surface area contributed by atoms with Gasteiger partial charge in [-0.2, -0.15) is 5.10 Å². The number of carbonyl (C=O) groups excluding carboxylic acids is 3. The first-order valence-electron chi connectivity index (χ1n) is 9.91. The molecule has 3 amide bonds. The molecular weight excluding hydrogens is 370 g/mol. The number of nitrogens with zero attached hydrogens (tertiary/aromatic N) is 4. The number of piperazine rings is 1. The van der Waals surface area contributed by atoms with Gasteiger partial charge < -0.3 is 14.7 Å². The van der Waals surface area contributed by atoms with Crippen LogP contribution in [0.15, 0.2) is 42.6 Å². The standard InChI is InChI=1S/C21H27N5O3/c1-3-4-12-25-13-14-26(21(29)20(25)28)18(16-8-6-5-7-9-16)19(27)24(2)15-17-10-11-22-23-17/h5-11,18H,3-4,12-15H2,1-2H3,(H,22,23)/t18-/m0/s1. The number of unbranched alkanes of at least 4 members (excludes halogenated alkanes) is 1. The number of likely N-dealkylation sites (N-methyl/N-ethyl adjacent to an activating group) is 1. The number of aromatic nitrogens is 2. The van der Waals surface area contributed by atoms with E-state index in [4.69, 9.17) is 0 Å². The van der Waals surface area contributed by atoms with Gasteiger partial charge in [0, 0.05) is 32.9 Å². The van der Waals surface area contributed by atoms with Gasteiger partial charge in [0.15, 0.2) is 0 Å². The Balaban J connectivity index is 1.83. The Hall–Kier alpha value is -3.16. The van der Waals surface area contributed by atoms with Gasteiger partial charge in [0.1, 0.15) is 6.04 Å². The third kappa shape index (κ3) is 4.64. The molecular formula is C21H27N5O3. The Bertz CT molecular complexity index is 837. The maximum atomic E-state index is 13.3. The second kappa shape index (κ2) is 9.36. The minimum Gasteiger partial charge on any atom is -0.338 e. The van der Waals surface area contributed by atoms with E-state index in [1.807, 2.05) is 37.3 Å². The molecule has 154 valence electrons. The van der Waals surface area contributed by atoms with Crippen molar-refractivity contribution in [3.63, 3.8) is 0 Å². The van der Waals surface area contributed by atoms with Crippen molar-refractivity contribution >= 4 is 17.7 Å². The molecule has 1 aliphatic heterocycles. The third-order valence-electron chi connectivity index (χ3n) is 5.13. The van der Waals surface area contributed by atoms with Crippen LogP contribution in [0, 0.1) is 0 Å². The van der Waals surface area contributed by atoms with Crippen LogP contribution >= 0.6 is 0 Å². The zero-order valence-corrected chi connectivity index (χ0v) is 16.9. The van der Waals surface area contributed by atoms with E-state index in [2.05, 4.69) is 10.2 Å². The maximum Gasteiger partial charge on any atom is 0.313 e. The largest absolute Gasteiger partial charge is 0.338 e. The van der Waals surface area contributed by atoms with E-state index in [1.165, 1.54) is 4.90 Å². The molecule has 1 aromatic heterocycles. The first-order chi connectivity index (χ1) is 14.0. The minimum atomic E-state index is -0.839. The monoisotopic (exact) mass is 397 g/mol. The van der Waals surface area contributed by atoms with Gasteiger partial charge >= 0.3 is 11.8 Å². The van der Waals surface area contributed by atoms with Crippen molar-refractivity contribution in [3.8, 4) is 0 Å². The molecule has 8 nitrogen and oxygen atoms in total. The molecule has 0 radical (unpaired) electrons. The summed E-state index contributed by atoms with van der Waals surface area (Å²) in [5.41, 5.74) is 1.48. The zero-order chi connectivity index (χ0) is 20.8. The van der Waals surface area contributed by atoms with E-state index in [9.17, 15) is 14.4 Å². The van der Waals surface area contributed by atoms with Gasteiger partial charge in [-0.05, 0) is 18.1 Å². The molecule has 1 saturated heterocycles. The normalized spacial score (nSPS) is 15.5. The van der Waals surface area contributed by atoms with Crippen LogP contribution in [0.1, 0.15) is 37.1 Å². The van der Waals surface area contributed by atoms with Crippen LogP contribution in [0.5, 0.6) is 0 Å². The van der Waals surface area contributed by atoms with Gasteiger partial charge in [-0.3, -0.25) is 19.5 Å². The summed E-state index contributed by atoms with van der Waals surface area (Å²) in [5.74, 6) is -1.40. The zero-order valence-electron chi connectivity index (χ0n) is 16.9. The van der Waals surface area contributed by atoms with Gasteiger partial charge in [0.05, 0.1) is 12.2 Å². The van der Waals surface area contributed by atoms with Crippen LogP contribution in [-0.4, -0.2) is 69.3 Å². The van der Waals surface area contributed by atoms with Crippen LogP contribution in [0.25, 0.3) is 0 Å². The topological polar surface area (TPSA) is 89.6 Å². The predicted octanol–water partition coefficient (Wildman–Crippen LogP) is 1.58. The second-order valence-corrected chi connectivity index (χ2v) is 7.23. The molecule has 8 heteroatoms. The van der Waals surface area contributed by atoms with E-state index < -0.39 is 17.9 Å². The lowest BCUT2D eigenvalue weighted by molar-refractivity contribution is -0.161. The van der Waals surface area contributed by atoms with E-state index in [1.54, 1.807) is 29.1 Å². The number of nitrogens with one attached hydrogen (secondary N) is 1. The molecule has 1 N–H and O–H groups in total. The second-order valence-electron chi connectivity index (χ2n) is 7.23. The highest BCUT2D eigenvalue weighted by Gasteiger charge is 2.40. The molecule has 0 saturated carbocycles. The van der Waals surface area contributed by atoms with Gasteiger partial charge in [-0.25, -0.2) is 0 Å². The average molecular weight is 397 g/mol. The highest BCUT2D eigenvalue weighted by molar-refractivity contribution is 6.35. The fourth-order valence-electron chi connectivity index (χ4n) is 3.50. The third-order valence-corrected chi connectivity index (χ3v) is 5.13. The van der Waals surface area contributed by atoms with Crippen LogP contribution in [0.4, 0.5) is 0 Å². The van der Waals surface area contributed by atoms with Crippen molar-refractivity contribution in [3.05, 3.63) is 53.9 Å². The smallest absolute Gasteiger partial charge is 0.313 e. The summed E-state index contributed by atoms with van der Waals surface area (Å²) >= 11 is 0. The van der Waals surface area contributed by atoms with Crippen LogP contribution in [0.2, 0.25) is 0 Å². The van der Waals surface area contributed by atoms with Gasteiger partial charge in [0.25, 0.3) is 0 Å². The lowest BCUT2D eigenvalue weighted by Gasteiger charge is -2.39. The summed E-state index contributed by atoms with van der Waals surface area (Å²) in [7, 11) is 1.68. The van der Waals surface area contributed by atoms with Crippen LogP contribution in [0.3, 0.4) is 0 Å². The average Bonchev–Trinajstić information content (AvgIpc) is 3.24. The van der Waals surface area contributed by atoms with Crippen molar-refractivity contribution in [2.45, 2.75) is 32.4 Å². The highest BCUT2D eigenvalue weighted by Crippen LogP contribution is 2.26.